The summed E-state index contributed by atoms with van der Waals surface area (Å²) in [5.41, 5.74) is -1.28. The van der Waals surface area contributed by atoms with Gasteiger partial charge in [-0.1, -0.05) is 0 Å². The minimum Gasteiger partial charge on any atom is -0.386 e. The second kappa shape index (κ2) is 5.12. The van der Waals surface area contributed by atoms with Gasteiger partial charge in [-0.05, 0) is 19.1 Å². The van der Waals surface area contributed by atoms with Crippen LogP contribution in [0.3, 0.4) is 0 Å². The fourth-order valence-corrected chi connectivity index (χ4v) is 2.96. The van der Waals surface area contributed by atoms with Gasteiger partial charge in [-0.2, -0.15) is 0 Å². The maximum atomic E-state index is 13.4. The number of sulfonamides is 1. The molecule has 0 radical (unpaired) electrons. The Bertz CT molecular complexity index is 566. The third kappa shape index (κ3) is 2.92. The van der Waals surface area contributed by atoms with Crippen LogP contribution in [0.5, 0.6) is 0 Å². The lowest BCUT2D eigenvalue weighted by molar-refractivity contribution is -0.0228. The predicted octanol–water partition coefficient (Wildman–Crippen LogP) is 0.0389. The normalized spacial score (nSPS) is 27.6. The molecular formula is C11H15FN2O4S. The van der Waals surface area contributed by atoms with Gasteiger partial charge in [0.2, 0.25) is 5.03 Å². The molecule has 1 fully saturated rings. The number of ether oxygens (including phenoxy) is 1. The monoisotopic (exact) mass is 290 g/mol. The Labute approximate surface area is 110 Å². The van der Waals surface area contributed by atoms with Crippen molar-refractivity contribution in [3.8, 4) is 0 Å². The first kappa shape index (κ1) is 14.3. The molecule has 1 saturated heterocycles. The highest BCUT2D eigenvalue weighted by atomic mass is 32.2. The number of halogens is 1. The van der Waals surface area contributed by atoms with Crippen molar-refractivity contribution in [2.45, 2.75) is 30.1 Å². The van der Waals surface area contributed by atoms with E-state index in [0.717, 1.165) is 6.07 Å². The molecule has 0 aromatic carbocycles. The number of nitrogens with zero attached hydrogens (tertiary/aromatic N) is 1. The van der Waals surface area contributed by atoms with Crippen LogP contribution in [0, 0.1) is 5.82 Å². The molecule has 2 N–H and O–H groups in total. The maximum Gasteiger partial charge on any atom is 0.261 e. The van der Waals surface area contributed by atoms with Crippen LogP contribution in [-0.2, 0) is 14.8 Å². The van der Waals surface area contributed by atoms with Gasteiger partial charge >= 0.3 is 0 Å². The van der Waals surface area contributed by atoms with Crippen LogP contribution < -0.4 is 4.72 Å². The van der Waals surface area contributed by atoms with E-state index in [1.165, 1.54) is 12.3 Å². The number of hydrogen-bond donors (Lipinski definition) is 2. The molecule has 106 valence electrons. The van der Waals surface area contributed by atoms with Gasteiger partial charge in [-0.3, -0.25) is 0 Å². The van der Waals surface area contributed by atoms with Crippen molar-refractivity contribution in [1.82, 2.24) is 9.71 Å². The van der Waals surface area contributed by atoms with Crippen molar-refractivity contribution in [3.05, 3.63) is 24.1 Å². The molecule has 0 saturated carbocycles. The second-order valence-electron chi connectivity index (χ2n) is 4.48. The summed E-state index contributed by atoms with van der Waals surface area (Å²) in [5, 5.41) is 9.50. The molecule has 6 nitrogen and oxygen atoms in total. The molecule has 0 bridgehead atoms. The average Bonchev–Trinajstić information content (AvgIpc) is 2.68. The molecule has 1 aliphatic rings. The lowest BCUT2D eigenvalue weighted by atomic mass is 9.97. The largest absolute Gasteiger partial charge is 0.386 e. The Morgan fingerprint density at radius 2 is 2.42 bits per heavy atom. The van der Waals surface area contributed by atoms with Crippen molar-refractivity contribution in [2.24, 2.45) is 0 Å². The second-order valence-corrected chi connectivity index (χ2v) is 6.16. The van der Waals surface area contributed by atoms with Gasteiger partial charge in [-0.15, -0.1) is 0 Å². The summed E-state index contributed by atoms with van der Waals surface area (Å²) in [4.78, 5) is 3.50. The fourth-order valence-electron chi connectivity index (χ4n) is 1.86. The molecule has 2 unspecified atom stereocenters. The number of nitrogens with one attached hydrogen (secondary N) is 1. The van der Waals surface area contributed by atoms with E-state index in [0.29, 0.717) is 13.0 Å². The molecule has 1 aromatic heterocycles. The first-order valence-electron chi connectivity index (χ1n) is 5.79. The topological polar surface area (TPSA) is 88.5 Å². The van der Waals surface area contributed by atoms with E-state index in [1.54, 1.807) is 6.92 Å². The maximum absolute atomic E-state index is 13.4. The van der Waals surface area contributed by atoms with Crippen LogP contribution in [0.2, 0.25) is 0 Å². The molecule has 1 aromatic rings. The van der Waals surface area contributed by atoms with Gasteiger partial charge in [0.05, 0.1) is 6.10 Å². The highest BCUT2D eigenvalue weighted by Crippen LogP contribution is 2.25. The molecule has 2 atom stereocenters. The minimum atomic E-state index is -4.09. The SMILES string of the molecule is CC1OCCC1(O)CNS(=O)(=O)c1ncccc1F. The van der Waals surface area contributed by atoms with Crippen molar-refractivity contribution < 1.29 is 22.7 Å². The number of aromatic nitrogens is 1. The third-order valence-electron chi connectivity index (χ3n) is 3.21. The Hall–Kier alpha value is -1.09. The van der Waals surface area contributed by atoms with Crippen molar-refractivity contribution >= 4 is 10.0 Å². The first-order chi connectivity index (χ1) is 8.85. The molecule has 0 aliphatic carbocycles. The van der Waals surface area contributed by atoms with Crippen LogP contribution in [-0.4, -0.2) is 43.4 Å². The summed E-state index contributed by atoms with van der Waals surface area (Å²) in [5.74, 6) is -0.933. The Morgan fingerprint density at radius 1 is 1.68 bits per heavy atom. The van der Waals surface area contributed by atoms with Crippen LogP contribution in [0.4, 0.5) is 4.39 Å². The zero-order chi connectivity index (χ0) is 14.1. The van der Waals surface area contributed by atoms with Gasteiger partial charge < -0.3 is 9.84 Å². The highest BCUT2D eigenvalue weighted by molar-refractivity contribution is 7.89. The molecule has 8 heteroatoms. The Morgan fingerprint density at radius 3 is 3.00 bits per heavy atom. The van der Waals surface area contributed by atoms with E-state index in [2.05, 4.69) is 9.71 Å². The summed E-state index contributed by atoms with van der Waals surface area (Å²) in [6.45, 7) is 1.77. The first-order valence-corrected chi connectivity index (χ1v) is 7.28. The van der Waals surface area contributed by atoms with Crippen molar-refractivity contribution in [3.63, 3.8) is 0 Å². The van der Waals surface area contributed by atoms with E-state index in [9.17, 15) is 17.9 Å². The van der Waals surface area contributed by atoms with E-state index in [1.807, 2.05) is 0 Å². The summed E-state index contributed by atoms with van der Waals surface area (Å²) in [6.07, 6.45) is 1.03. The lowest BCUT2D eigenvalue weighted by Crippen LogP contribution is -2.47. The van der Waals surface area contributed by atoms with Crippen molar-refractivity contribution in [2.75, 3.05) is 13.2 Å². The molecule has 0 spiro atoms. The smallest absolute Gasteiger partial charge is 0.261 e. The van der Waals surface area contributed by atoms with E-state index in [4.69, 9.17) is 4.74 Å². The van der Waals surface area contributed by atoms with E-state index < -0.39 is 32.6 Å². The summed E-state index contributed by atoms with van der Waals surface area (Å²) < 4.78 is 44.5. The minimum absolute atomic E-state index is 0.244. The van der Waals surface area contributed by atoms with Gasteiger partial charge in [-0.25, -0.2) is 22.5 Å². The number of pyridine rings is 1. The summed E-state index contributed by atoms with van der Waals surface area (Å²) in [7, 11) is -4.09. The fraction of sp³-hybridized carbons (Fsp3) is 0.545. The number of aliphatic hydroxyl groups is 1. The molecule has 2 rings (SSSR count). The molecule has 1 aliphatic heterocycles. The van der Waals surface area contributed by atoms with Crippen LogP contribution in [0.25, 0.3) is 0 Å². The van der Waals surface area contributed by atoms with Crippen LogP contribution >= 0.6 is 0 Å². The summed E-state index contributed by atoms with van der Waals surface area (Å²) in [6, 6.07) is 2.31. The molecule has 0 amide bonds. The molecule has 2 heterocycles. The quantitative estimate of drug-likeness (QED) is 0.817. The number of rotatable bonds is 4. The number of hydrogen-bond acceptors (Lipinski definition) is 5. The van der Waals surface area contributed by atoms with Gasteiger partial charge in [0.15, 0.2) is 5.82 Å². The van der Waals surface area contributed by atoms with Crippen LogP contribution in [0.15, 0.2) is 23.4 Å². The van der Waals surface area contributed by atoms with E-state index in [-0.39, 0.29) is 6.54 Å². The van der Waals surface area contributed by atoms with Crippen molar-refractivity contribution in [1.29, 1.82) is 0 Å². The highest BCUT2D eigenvalue weighted by Gasteiger charge is 2.40. The molecular weight excluding hydrogens is 275 g/mol. The Balaban J connectivity index is 2.13. The lowest BCUT2D eigenvalue weighted by Gasteiger charge is -2.25. The zero-order valence-corrected chi connectivity index (χ0v) is 11.2. The zero-order valence-electron chi connectivity index (χ0n) is 10.3. The standard InChI is InChI=1S/C11H15FN2O4S/c1-8-11(15,4-6-18-8)7-14-19(16,17)10-9(12)3-2-5-13-10/h2-3,5,8,14-15H,4,6-7H2,1H3. The van der Waals surface area contributed by atoms with Gasteiger partial charge in [0, 0.05) is 25.8 Å². The predicted molar refractivity (Wildman–Crippen MR) is 64.4 cm³/mol. The van der Waals surface area contributed by atoms with Gasteiger partial charge in [0.1, 0.15) is 5.60 Å². The molecule has 19 heavy (non-hydrogen) atoms. The average molecular weight is 290 g/mol. The third-order valence-corrected chi connectivity index (χ3v) is 4.54. The van der Waals surface area contributed by atoms with E-state index >= 15 is 0 Å². The Kier molecular flexibility index (Phi) is 3.86. The van der Waals surface area contributed by atoms with Crippen LogP contribution in [0.1, 0.15) is 13.3 Å². The van der Waals surface area contributed by atoms with Gasteiger partial charge in [0.25, 0.3) is 10.0 Å². The summed E-state index contributed by atoms with van der Waals surface area (Å²) >= 11 is 0.